The van der Waals surface area contributed by atoms with Gasteiger partial charge in [-0.1, -0.05) is 40.7 Å². The molecular formula is C21H32O2. The molecule has 0 saturated heterocycles. The fraction of sp³-hybridized carbons (Fsp3) is 0.714. The SMILES string of the molecule is COc1cc2c(cc1C(C)C)CCC1C2(C)CCC(O)C1(C)C. The van der Waals surface area contributed by atoms with E-state index in [1.165, 1.54) is 23.1 Å². The molecular weight excluding hydrogens is 284 g/mol. The summed E-state index contributed by atoms with van der Waals surface area (Å²) in [6.45, 7) is 11.4. The first-order valence-corrected chi connectivity index (χ1v) is 9.11. The molecule has 3 unspecified atom stereocenters. The van der Waals surface area contributed by atoms with Crippen LogP contribution in [0.3, 0.4) is 0 Å². The average molecular weight is 316 g/mol. The predicted octanol–water partition coefficient (Wildman–Crippen LogP) is 4.82. The minimum absolute atomic E-state index is 0.0192. The van der Waals surface area contributed by atoms with Crippen LogP contribution in [0.4, 0.5) is 0 Å². The van der Waals surface area contributed by atoms with E-state index < -0.39 is 0 Å². The molecule has 0 heterocycles. The largest absolute Gasteiger partial charge is 0.496 e. The third-order valence-corrected chi connectivity index (χ3v) is 6.86. The van der Waals surface area contributed by atoms with E-state index in [0.29, 0.717) is 11.8 Å². The topological polar surface area (TPSA) is 29.5 Å². The van der Waals surface area contributed by atoms with Crippen LogP contribution in [-0.4, -0.2) is 18.3 Å². The van der Waals surface area contributed by atoms with Gasteiger partial charge >= 0.3 is 0 Å². The molecule has 2 aliphatic rings. The normalized spacial score (nSPS) is 32.3. The van der Waals surface area contributed by atoms with Crippen LogP contribution in [0.25, 0.3) is 0 Å². The Hall–Kier alpha value is -1.02. The molecule has 1 aromatic carbocycles. The van der Waals surface area contributed by atoms with Crippen LogP contribution in [0.2, 0.25) is 0 Å². The molecule has 0 aliphatic heterocycles. The number of benzene rings is 1. The number of aryl methyl sites for hydroxylation is 1. The molecule has 0 bridgehead atoms. The summed E-state index contributed by atoms with van der Waals surface area (Å²) in [4.78, 5) is 0. The summed E-state index contributed by atoms with van der Waals surface area (Å²) in [5.74, 6) is 2.04. The number of hydrogen-bond acceptors (Lipinski definition) is 2. The Morgan fingerprint density at radius 2 is 1.87 bits per heavy atom. The number of rotatable bonds is 2. The Kier molecular flexibility index (Phi) is 4.03. The van der Waals surface area contributed by atoms with Crippen LogP contribution in [0.1, 0.15) is 76.5 Å². The van der Waals surface area contributed by atoms with Gasteiger partial charge in [-0.15, -0.1) is 0 Å². The Morgan fingerprint density at radius 3 is 2.48 bits per heavy atom. The number of aliphatic hydroxyl groups is 1. The molecule has 0 radical (unpaired) electrons. The maximum absolute atomic E-state index is 10.5. The lowest BCUT2D eigenvalue weighted by Gasteiger charge is -2.56. The van der Waals surface area contributed by atoms with Crippen molar-refractivity contribution in [3.8, 4) is 5.75 Å². The number of aliphatic hydroxyl groups excluding tert-OH is 1. The van der Waals surface area contributed by atoms with Crippen LogP contribution in [0.15, 0.2) is 12.1 Å². The van der Waals surface area contributed by atoms with E-state index >= 15 is 0 Å². The zero-order valence-electron chi connectivity index (χ0n) is 15.6. The third kappa shape index (κ3) is 2.41. The van der Waals surface area contributed by atoms with Gasteiger partial charge in [0.05, 0.1) is 13.2 Å². The van der Waals surface area contributed by atoms with Gasteiger partial charge in [0.1, 0.15) is 5.75 Å². The summed E-state index contributed by atoms with van der Waals surface area (Å²) < 4.78 is 5.72. The lowest BCUT2D eigenvalue weighted by Crippen LogP contribution is -2.53. The summed E-state index contributed by atoms with van der Waals surface area (Å²) in [6.07, 6.45) is 4.08. The molecule has 0 spiro atoms. The van der Waals surface area contributed by atoms with Gasteiger partial charge in [0, 0.05) is 0 Å². The number of fused-ring (bicyclic) bond motifs is 3. The number of methoxy groups -OCH3 is 1. The van der Waals surface area contributed by atoms with E-state index in [1.54, 1.807) is 7.11 Å². The summed E-state index contributed by atoms with van der Waals surface area (Å²) >= 11 is 0. The van der Waals surface area contributed by atoms with Crippen LogP contribution in [-0.2, 0) is 11.8 Å². The lowest BCUT2D eigenvalue weighted by atomic mass is 9.49. The van der Waals surface area contributed by atoms with E-state index in [9.17, 15) is 5.11 Å². The second-order valence-corrected chi connectivity index (χ2v) is 8.79. The van der Waals surface area contributed by atoms with Crippen molar-refractivity contribution in [1.29, 1.82) is 0 Å². The van der Waals surface area contributed by atoms with Gasteiger partial charge in [0.2, 0.25) is 0 Å². The van der Waals surface area contributed by atoms with Crippen molar-refractivity contribution in [2.24, 2.45) is 11.3 Å². The Balaban J connectivity index is 2.13. The van der Waals surface area contributed by atoms with Crippen molar-refractivity contribution in [3.05, 3.63) is 28.8 Å². The molecule has 2 nitrogen and oxygen atoms in total. The molecule has 1 aromatic rings. The van der Waals surface area contributed by atoms with Crippen LogP contribution >= 0.6 is 0 Å². The van der Waals surface area contributed by atoms with E-state index in [1.807, 2.05) is 0 Å². The minimum Gasteiger partial charge on any atom is -0.496 e. The highest BCUT2D eigenvalue weighted by molar-refractivity contribution is 5.49. The first kappa shape index (κ1) is 16.8. The Morgan fingerprint density at radius 1 is 1.17 bits per heavy atom. The molecule has 1 saturated carbocycles. The lowest BCUT2D eigenvalue weighted by molar-refractivity contribution is -0.0731. The fourth-order valence-electron chi connectivity index (χ4n) is 5.36. The van der Waals surface area contributed by atoms with Crippen molar-refractivity contribution < 1.29 is 9.84 Å². The van der Waals surface area contributed by atoms with Crippen molar-refractivity contribution in [3.63, 3.8) is 0 Å². The molecule has 3 rings (SSSR count). The fourth-order valence-corrected chi connectivity index (χ4v) is 5.36. The molecule has 2 heteroatoms. The smallest absolute Gasteiger partial charge is 0.122 e. The van der Waals surface area contributed by atoms with Crippen LogP contribution < -0.4 is 4.74 Å². The van der Waals surface area contributed by atoms with Crippen LogP contribution in [0.5, 0.6) is 5.75 Å². The molecule has 1 N–H and O–H groups in total. The number of hydrogen-bond donors (Lipinski definition) is 1. The Labute approximate surface area is 141 Å². The highest BCUT2D eigenvalue weighted by Gasteiger charge is 2.53. The monoisotopic (exact) mass is 316 g/mol. The summed E-state index contributed by atoms with van der Waals surface area (Å²) in [5.41, 5.74) is 4.42. The Bertz CT molecular complexity index is 602. The zero-order chi connectivity index (χ0) is 17.0. The summed E-state index contributed by atoms with van der Waals surface area (Å²) in [6, 6.07) is 4.70. The van der Waals surface area contributed by atoms with Crippen molar-refractivity contribution >= 4 is 0 Å². The quantitative estimate of drug-likeness (QED) is 0.847. The summed E-state index contributed by atoms with van der Waals surface area (Å²) in [7, 11) is 1.78. The second kappa shape index (κ2) is 5.51. The van der Waals surface area contributed by atoms with Crippen molar-refractivity contribution in [1.82, 2.24) is 0 Å². The highest BCUT2D eigenvalue weighted by Crippen LogP contribution is 2.57. The molecule has 2 aliphatic carbocycles. The van der Waals surface area contributed by atoms with Gasteiger partial charge in [-0.25, -0.2) is 0 Å². The standard InChI is InChI=1S/C21H32O2/c1-13(2)15-11-14-7-8-18-20(3,4)19(22)9-10-21(18,5)16(14)12-17(15)23-6/h11-13,18-19,22H,7-10H2,1-6H3. The zero-order valence-corrected chi connectivity index (χ0v) is 15.6. The van der Waals surface area contributed by atoms with Gasteiger partial charge in [0.15, 0.2) is 0 Å². The van der Waals surface area contributed by atoms with Gasteiger partial charge in [0.25, 0.3) is 0 Å². The van der Waals surface area contributed by atoms with Crippen molar-refractivity contribution in [2.45, 2.75) is 77.7 Å². The van der Waals surface area contributed by atoms with Gasteiger partial charge in [-0.05, 0) is 71.1 Å². The predicted molar refractivity (Wildman–Crippen MR) is 95.3 cm³/mol. The van der Waals surface area contributed by atoms with E-state index in [0.717, 1.165) is 25.0 Å². The average Bonchev–Trinajstić information content (AvgIpc) is 2.50. The molecule has 1 fully saturated rings. The van der Waals surface area contributed by atoms with E-state index in [4.69, 9.17) is 4.74 Å². The second-order valence-electron chi connectivity index (χ2n) is 8.79. The first-order chi connectivity index (χ1) is 10.7. The third-order valence-electron chi connectivity index (χ3n) is 6.86. The summed E-state index contributed by atoms with van der Waals surface area (Å²) in [5, 5.41) is 10.5. The van der Waals surface area contributed by atoms with Gasteiger partial charge in [-0.2, -0.15) is 0 Å². The van der Waals surface area contributed by atoms with Crippen LogP contribution in [0, 0.1) is 11.3 Å². The molecule has 23 heavy (non-hydrogen) atoms. The van der Waals surface area contributed by atoms with E-state index in [-0.39, 0.29) is 16.9 Å². The highest BCUT2D eigenvalue weighted by atomic mass is 16.5. The molecule has 0 amide bonds. The molecule has 3 atom stereocenters. The molecule has 128 valence electrons. The number of ether oxygens (including phenoxy) is 1. The molecule has 0 aromatic heterocycles. The van der Waals surface area contributed by atoms with E-state index in [2.05, 4.69) is 46.8 Å². The maximum atomic E-state index is 10.5. The van der Waals surface area contributed by atoms with Gasteiger partial charge in [-0.3, -0.25) is 0 Å². The maximum Gasteiger partial charge on any atom is 0.122 e. The van der Waals surface area contributed by atoms with Crippen molar-refractivity contribution in [2.75, 3.05) is 7.11 Å². The first-order valence-electron chi connectivity index (χ1n) is 9.11. The van der Waals surface area contributed by atoms with Gasteiger partial charge < -0.3 is 9.84 Å². The minimum atomic E-state index is -0.182.